The van der Waals surface area contributed by atoms with Crippen LogP contribution in [0.5, 0.6) is 0 Å². The van der Waals surface area contributed by atoms with E-state index >= 15 is 0 Å². The lowest BCUT2D eigenvalue weighted by Crippen LogP contribution is -2.52. The van der Waals surface area contributed by atoms with Crippen molar-refractivity contribution in [2.75, 3.05) is 24.5 Å². The number of amides is 3. The summed E-state index contributed by atoms with van der Waals surface area (Å²) >= 11 is 1.32. The summed E-state index contributed by atoms with van der Waals surface area (Å²) in [6.07, 6.45) is 6.24. The fourth-order valence-corrected chi connectivity index (χ4v) is 4.83. The second-order valence-electron chi connectivity index (χ2n) is 7.47. The van der Waals surface area contributed by atoms with Crippen LogP contribution in [-0.2, 0) is 14.4 Å². The Labute approximate surface area is 163 Å². The molecule has 4 rings (SSSR count). The summed E-state index contributed by atoms with van der Waals surface area (Å²) in [4.78, 5) is 42.8. The molecule has 0 bridgehead atoms. The number of hydrogen-bond acceptors (Lipinski definition) is 4. The van der Waals surface area contributed by atoms with Gasteiger partial charge in [-0.1, -0.05) is 25.0 Å². The van der Waals surface area contributed by atoms with Gasteiger partial charge in [0.25, 0.3) is 5.91 Å². The topological polar surface area (TPSA) is 69.7 Å². The van der Waals surface area contributed by atoms with E-state index in [-0.39, 0.29) is 30.3 Å². The van der Waals surface area contributed by atoms with Gasteiger partial charge in [0, 0.05) is 24.0 Å². The number of hydrogen-bond donors (Lipinski definition) is 1. The average Bonchev–Trinajstić information content (AvgIpc) is 3.50. The second kappa shape index (κ2) is 7.92. The Morgan fingerprint density at radius 3 is 2.48 bits per heavy atom. The minimum Gasteiger partial charge on any atom is -0.352 e. The second-order valence-corrected chi connectivity index (χ2v) is 8.62. The van der Waals surface area contributed by atoms with Gasteiger partial charge in [-0.25, -0.2) is 0 Å². The number of fused-ring (bicyclic) bond motifs is 1. The molecular formula is C20H25N3O3S. The van der Waals surface area contributed by atoms with Crippen LogP contribution in [0.3, 0.4) is 0 Å². The number of carbonyl (C=O) groups excluding carboxylic acids is 3. The third-order valence-corrected chi connectivity index (χ3v) is 6.52. The summed E-state index contributed by atoms with van der Waals surface area (Å²) in [5.74, 6) is -0.554. The maximum Gasteiger partial charge on any atom is 0.250 e. The molecule has 1 saturated heterocycles. The number of nitrogens with one attached hydrogen (secondary N) is 1. The Kier molecular flexibility index (Phi) is 5.38. The number of carbonyl (C=O) groups is 3. The van der Waals surface area contributed by atoms with E-state index in [1.54, 1.807) is 0 Å². The van der Waals surface area contributed by atoms with E-state index in [9.17, 15) is 14.4 Å². The van der Waals surface area contributed by atoms with Crippen molar-refractivity contribution >= 4 is 35.2 Å². The van der Waals surface area contributed by atoms with Gasteiger partial charge in [-0.15, -0.1) is 11.8 Å². The number of thioether (sulfide) groups is 1. The Balaban J connectivity index is 1.55. The van der Waals surface area contributed by atoms with Gasteiger partial charge < -0.3 is 15.1 Å². The fraction of sp³-hybridized carbons (Fsp3) is 0.550. The van der Waals surface area contributed by atoms with Gasteiger partial charge >= 0.3 is 0 Å². The molecular weight excluding hydrogens is 362 g/mol. The fourth-order valence-electron chi connectivity index (χ4n) is 3.64. The number of para-hydroxylation sites is 1. The molecule has 1 aromatic rings. The average molecular weight is 388 g/mol. The highest BCUT2D eigenvalue weighted by Crippen LogP contribution is 2.39. The lowest BCUT2D eigenvalue weighted by atomic mass is 10.2. The maximum atomic E-state index is 13.2. The van der Waals surface area contributed by atoms with Gasteiger partial charge in [0.05, 0.1) is 5.69 Å². The molecule has 2 fully saturated rings. The van der Waals surface area contributed by atoms with Crippen molar-refractivity contribution in [3.8, 4) is 0 Å². The Bertz CT molecular complexity index is 742. The highest BCUT2D eigenvalue weighted by molar-refractivity contribution is 8.01. The molecule has 27 heavy (non-hydrogen) atoms. The van der Waals surface area contributed by atoms with Crippen LogP contribution in [-0.4, -0.2) is 53.5 Å². The van der Waals surface area contributed by atoms with Gasteiger partial charge in [0.1, 0.15) is 6.54 Å². The van der Waals surface area contributed by atoms with Crippen LogP contribution < -0.4 is 10.2 Å². The molecule has 0 radical (unpaired) electrons. The molecule has 0 spiro atoms. The predicted octanol–water partition coefficient (Wildman–Crippen LogP) is 2.18. The van der Waals surface area contributed by atoms with Crippen LogP contribution >= 0.6 is 11.8 Å². The predicted molar refractivity (Wildman–Crippen MR) is 105 cm³/mol. The van der Waals surface area contributed by atoms with Gasteiger partial charge in [0.2, 0.25) is 11.8 Å². The summed E-state index contributed by atoms with van der Waals surface area (Å²) in [5.41, 5.74) is 0.721. The lowest BCUT2D eigenvalue weighted by Gasteiger charge is -2.34. The number of likely N-dealkylation sites (tertiary alicyclic amines) is 1. The molecule has 1 atom stereocenters. The summed E-state index contributed by atoms with van der Waals surface area (Å²) in [6, 6.07) is 7.77. The van der Waals surface area contributed by atoms with Crippen LogP contribution in [0.2, 0.25) is 0 Å². The number of rotatable bonds is 4. The molecule has 1 aromatic carbocycles. The van der Waals surface area contributed by atoms with Gasteiger partial charge in [-0.2, -0.15) is 0 Å². The quantitative estimate of drug-likeness (QED) is 0.804. The van der Waals surface area contributed by atoms with Crippen molar-refractivity contribution in [1.29, 1.82) is 0 Å². The minimum atomic E-state index is -0.799. The molecule has 0 aromatic heterocycles. The summed E-state index contributed by atoms with van der Waals surface area (Å²) in [5, 5.41) is 2.13. The van der Waals surface area contributed by atoms with Gasteiger partial charge in [0.15, 0.2) is 5.25 Å². The summed E-state index contributed by atoms with van der Waals surface area (Å²) < 4.78 is 0. The Morgan fingerprint density at radius 1 is 1.07 bits per heavy atom. The monoisotopic (exact) mass is 387 g/mol. The molecule has 2 heterocycles. The molecule has 144 valence electrons. The smallest absolute Gasteiger partial charge is 0.250 e. The van der Waals surface area contributed by atoms with Crippen molar-refractivity contribution in [2.24, 2.45) is 0 Å². The molecule has 7 heteroatoms. The highest BCUT2D eigenvalue weighted by atomic mass is 32.2. The summed E-state index contributed by atoms with van der Waals surface area (Å²) in [7, 11) is 0. The van der Waals surface area contributed by atoms with Crippen LogP contribution in [0, 0.1) is 0 Å². The minimum absolute atomic E-state index is 0.0311. The maximum absolute atomic E-state index is 13.2. The normalized spacial score (nSPS) is 22.8. The van der Waals surface area contributed by atoms with Crippen molar-refractivity contribution < 1.29 is 14.4 Å². The van der Waals surface area contributed by atoms with E-state index in [2.05, 4.69) is 5.32 Å². The first-order chi connectivity index (χ1) is 13.1. The van der Waals surface area contributed by atoms with Crippen LogP contribution in [0.4, 0.5) is 5.69 Å². The molecule has 3 amide bonds. The number of anilines is 1. The van der Waals surface area contributed by atoms with Crippen LogP contribution in [0.15, 0.2) is 29.2 Å². The van der Waals surface area contributed by atoms with Crippen LogP contribution in [0.1, 0.15) is 38.5 Å². The Hall–Kier alpha value is -2.02. The zero-order valence-corrected chi connectivity index (χ0v) is 16.2. The molecule has 1 N–H and O–H groups in total. The van der Waals surface area contributed by atoms with Crippen molar-refractivity contribution in [2.45, 2.75) is 54.7 Å². The van der Waals surface area contributed by atoms with Crippen molar-refractivity contribution in [1.82, 2.24) is 10.2 Å². The standard InChI is InChI=1S/C20H25N3O3S/c24-17(21-14-9-10-14)13-23-15-7-3-4-8-16(15)27-18(20(23)26)19(25)22-11-5-1-2-6-12-22/h3-4,7-8,14,18H,1-2,5-6,9-13H2,(H,21,24). The molecule has 1 saturated carbocycles. The van der Waals surface area contributed by atoms with E-state index in [1.165, 1.54) is 16.7 Å². The SMILES string of the molecule is O=C(CN1C(=O)C(C(=O)N2CCCCCC2)Sc2ccccc21)NC1CC1. The third kappa shape index (κ3) is 4.13. The van der Waals surface area contributed by atoms with E-state index in [0.717, 1.165) is 49.1 Å². The summed E-state index contributed by atoms with van der Waals surface area (Å²) in [6.45, 7) is 1.40. The zero-order valence-electron chi connectivity index (χ0n) is 15.4. The molecule has 1 aliphatic carbocycles. The largest absolute Gasteiger partial charge is 0.352 e. The van der Waals surface area contributed by atoms with Gasteiger partial charge in [-0.05, 0) is 37.8 Å². The van der Waals surface area contributed by atoms with Crippen molar-refractivity contribution in [3.05, 3.63) is 24.3 Å². The van der Waals surface area contributed by atoms with Gasteiger partial charge in [-0.3, -0.25) is 14.4 Å². The highest BCUT2D eigenvalue weighted by Gasteiger charge is 2.41. The van der Waals surface area contributed by atoms with E-state index in [0.29, 0.717) is 13.1 Å². The molecule has 3 aliphatic rings. The Morgan fingerprint density at radius 2 is 1.78 bits per heavy atom. The number of benzene rings is 1. The van der Waals surface area contributed by atoms with Crippen LogP contribution in [0.25, 0.3) is 0 Å². The van der Waals surface area contributed by atoms with E-state index in [1.807, 2.05) is 29.2 Å². The first kappa shape index (κ1) is 18.3. The zero-order chi connectivity index (χ0) is 18.8. The lowest BCUT2D eigenvalue weighted by molar-refractivity contribution is -0.135. The van der Waals surface area contributed by atoms with E-state index in [4.69, 9.17) is 0 Å². The first-order valence-corrected chi connectivity index (χ1v) is 10.7. The molecule has 2 aliphatic heterocycles. The first-order valence-electron chi connectivity index (χ1n) is 9.79. The van der Waals surface area contributed by atoms with Crippen molar-refractivity contribution in [3.63, 3.8) is 0 Å². The molecule has 6 nitrogen and oxygen atoms in total. The van der Waals surface area contributed by atoms with E-state index < -0.39 is 5.25 Å². The third-order valence-electron chi connectivity index (χ3n) is 5.28. The number of nitrogens with zero attached hydrogens (tertiary/aromatic N) is 2. The molecule has 1 unspecified atom stereocenters.